The molecule has 1 aliphatic heterocycles. The summed E-state index contributed by atoms with van der Waals surface area (Å²) in [4.78, 5) is 10.8. The number of carboxylic acids is 1. The Bertz CT molecular complexity index is 405. The van der Waals surface area contributed by atoms with E-state index in [1.807, 2.05) is 11.6 Å². The van der Waals surface area contributed by atoms with Crippen molar-refractivity contribution < 1.29 is 9.90 Å². The van der Waals surface area contributed by atoms with Gasteiger partial charge >= 0.3 is 5.97 Å². The molecular formula is C10H14ClN3O2. The Labute approximate surface area is 98.4 Å². The van der Waals surface area contributed by atoms with Gasteiger partial charge in [-0.25, -0.2) is 0 Å². The molecule has 88 valence electrons. The maximum atomic E-state index is 10.8. The summed E-state index contributed by atoms with van der Waals surface area (Å²) in [6.07, 6.45) is 3.02. The quantitative estimate of drug-likeness (QED) is 0.843. The van der Waals surface area contributed by atoms with Gasteiger partial charge in [0.25, 0.3) is 0 Å². The highest BCUT2D eigenvalue weighted by atomic mass is 35.5. The number of hydrogen-bond donors (Lipinski definition) is 2. The van der Waals surface area contributed by atoms with E-state index in [2.05, 4.69) is 10.4 Å². The lowest BCUT2D eigenvalue weighted by Crippen LogP contribution is -2.32. The first-order valence-corrected chi connectivity index (χ1v) is 5.71. The Morgan fingerprint density at radius 3 is 3.06 bits per heavy atom. The number of aromatic nitrogens is 2. The van der Waals surface area contributed by atoms with E-state index >= 15 is 0 Å². The summed E-state index contributed by atoms with van der Waals surface area (Å²) in [6.45, 7) is 2.72. The second-order valence-electron chi connectivity index (χ2n) is 3.88. The van der Waals surface area contributed by atoms with Crippen molar-refractivity contribution in [3.05, 3.63) is 16.9 Å². The molecular weight excluding hydrogens is 230 g/mol. The van der Waals surface area contributed by atoms with Crippen LogP contribution in [-0.2, 0) is 11.3 Å². The molecule has 1 aromatic rings. The molecule has 16 heavy (non-hydrogen) atoms. The molecule has 0 aliphatic carbocycles. The van der Waals surface area contributed by atoms with E-state index in [4.69, 9.17) is 16.7 Å². The van der Waals surface area contributed by atoms with Crippen molar-refractivity contribution in [2.24, 2.45) is 0 Å². The maximum Gasteiger partial charge on any atom is 0.320 e. The van der Waals surface area contributed by atoms with Crippen molar-refractivity contribution in [2.75, 3.05) is 0 Å². The van der Waals surface area contributed by atoms with Gasteiger partial charge in [0.05, 0.1) is 23.0 Å². The highest BCUT2D eigenvalue weighted by molar-refractivity contribution is 6.31. The molecule has 2 N–H and O–H groups in total. The monoisotopic (exact) mass is 243 g/mol. The van der Waals surface area contributed by atoms with Gasteiger partial charge in [-0.2, -0.15) is 5.10 Å². The van der Waals surface area contributed by atoms with E-state index in [9.17, 15) is 4.79 Å². The highest BCUT2D eigenvalue weighted by Crippen LogP contribution is 2.31. The fourth-order valence-corrected chi connectivity index (χ4v) is 2.40. The molecule has 0 saturated carbocycles. The van der Waals surface area contributed by atoms with E-state index in [0.29, 0.717) is 11.4 Å². The molecule has 5 nitrogen and oxygen atoms in total. The number of aryl methyl sites for hydroxylation is 1. The molecule has 2 atom stereocenters. The van der Waals surface area contributed by atoms with E-state index in [-0.39, 0.29) is 6.04 Å². The largest absolute Gasteiger partial charge is 0.480 e. The number of nitrogens with one attached hydrogen (secondary N) is 1. The molecule has 0 amide bonds. The molecule has 2 heterocycles. The van der Waals surface area contributed by atoms with E-state index < -0.39 is 12.0 Å². The molecule has 2 rings (SSSR count). The minimum atomic E-state index is -0.804. The topological polar surface area (TPSA) is 67.2 Å². The van der Waals surface area contributed by atoms with Crippen LogP contribution in [0.15, 0.2) is 6.20 Å². The van der Waals surface area contributed by atoms with Crippen LogP contribution in [0.25, 0.3) is 0 Å². The van der Waals surface area contributed by atoms with Crippen LogP contribution in [0.2, 0.25) is 5.02 Å². The highest BCUT2D eigenvalue weighted by Gasteiger charge is 2.32. The molecule has 0 bridgehead atoms. The third kappa shape index (κ3) is 1.92. The van der Waals surface area contributed by atoms with Gasteiger partial charge < -0.3 is 5.11 Å². The standard InChI is InChI=1S/C10H14ClN3O2/c1-2-14-9(6(11)5-12-14)7-3-4-8(13-7)10(15)16/h5,7-8,13H,2-4H2,1H3,(H,15,16). The Morgan fingerprint density at radius 1 is 1.75 bits per heavy atom. The third-order valence-electron chi connectivity index (χ3n) is 2.91. The summed E-state index contributed by atoms with van der Waals surface area (Å²) < 4.78 is 1.81. The molecule has 0 radical (unpaired) electrons. The van der Waals surface area contributed by atoms with E-state index in [1.54, 1.807) is 6.20 Å². The second kappa shape index (κ2) is 4.43. The Hall–Kier alpha value is -1.07. The lowest BCUT2D eigenvalue weighted by Gasteiger charge is -2.14. The normalized spacial score (nSPS) is 24.9. The van der Waals surface area contributed by atoms with Crippen LogP contribution in [0.4, 0.5) is 0 Å². The lowest BCUT2D eigenvalue weighted by atomic mass is 10.1. The van der Waals surface area contributed by atoms with Gasteiger partial charge in [-0.05, 0) is 19.8 Å². The predicted molar refractivity (Wildman–Crippen MR) is 59.4 cm³/mol. The SMILES string of the molecule is CCn1ncc(Cl)c1C1CCC(C(=O)O)N1. The van der Waals surface area contributed by atoms with Crippen LogP contribution >= 0.6 is 11.6 Å². The van der Waals surface area contributed by atoms with Crippen molar-refractivity contribution in [1.82, 2.24) is 15.1 Å². The Kier molecular flexibility index (Phi) is 3.16. The Balaban J connectivity index is 2.19. The molecule has 1 fully saturated rings. The number of nitrogens with zero attached hydrogens (tertiary/aromatic N) is 2. The minimum absolute atomic E-state index is 0.00366. The van der Waals surface area contributed by atoms with Crippen LogP contribution in [-0.4, -0.2) is 26.9 Å². The number of halogens is 1. The maximum absolute atomic E-state index is 10.8. The third-order valence-corrected chi connectivity index (χ3v) is 3.20. The van der Waals surface area contributed by atoms with E-state index in [0.717, 1.165) is 18.7 Å². The second-order valence-corrected chi connectivity index (χ2v) is 4.29. The van der Waals surface area contributed by atoms with E-state index in [1.165, 1.54) is 0 Å². The van der Waals surface area contributed by atoms with Gasteiger partial charge in [-0.15, -0.1) is 0 Å². The van der Waals surface area contributed by atoms with Crippen LogP contribution < -0.4 is 5.32 Å². The van der Waals surface area contributed by atoms with Gasteiger partial charge in [0.1, 0.15) is 6.04 Å². The molecule has 0 spiro atoms. The predicted octanol–water partition coefficient (Wildman–Crippen LogP) is 1.43. The summed E-state index contributed by atoms with van der Waals surface area (Å²) in [7, 11) is 0. The minimum Gasteiger partial charge on any atom is -0.480 e. The van der Waals surface area contributed by atoms with Gasteiger partial charge in [0.15, 0.2) is 0 Å². The van der Waals surface area contributed by atoms with Crippen LogP contribution in [0.5, 0.6) is 0 Å². The number of aliphatic carboxylic acids is 1. The molecule has 1 aromatic heterocycles. The van der Waals surface area contributed by atoms with Crippen molar-refractivity contribution in [2.45, 2.75) is 38.4 Å². The molecule has 0 aromatic carbocycles. The number of rotatable bonds is 3. The summed E-state index contributed by atoms with van der Waals surface area (Å²) in [5.74, 6) is -0.804. The fraction of sp³-hybridized carbons (Fsp3) is 0.600. The van der Waals surface area contributed by atoms with Gasteiger partial charge in [-0.3, -0.25) is 14.8 Å². The van der Waals surface area contributed by atoms with Crippen LogP contribution in [0, 0.1) is 0 Å². The molecule has 1 saturated heterocycles. The molecule has 2 unspecified atom stereocenters. The number of carboxylic acid groups (broad SMARTS) is 1. The number of carbonyl (C=O) groups is 1. The smallest absolute Gasteiger partial charge is 0.320 e. The number of hydrogen-bond acceptors (Lipinski definition) is 3. The van der Waals surface area contributed by atoms with Crippen molar-refractivity contribution >= 4 is 17.6 Å². The van der Waals surface area contributed by atoms with Gasteiger partial charge in [0.2, 0.25) is 0 Å². The summed E-state index contributed by atoms with van der Waals surface area (Å²) in [5, 5.41) is 16.7. The van der Waals surface area contributed by atoms with Gasteiger partial charge in [-0.1, -0.05) is 11.6 Å². The first-order chi connectivity index (χ1) is 7.63. The average molecular weight is 244 g/mol. The summed E-state index contributed by atoms with van der Waals surface area (Å²) in [5.41, 5.74) is 0.896. The summed E-state index contributed by atoms with van der Waals surface area (Å²) in [6, 6.07) is -0.475. The first kappa shape index (κ1) is 11.4. The first-order valence-electron chi connectivity index (χ1n) is 5.33. The zero-order chi connectivity index (χ0) is 11.7. The molecule has 6 heteroatoms. The Morgan fingerprint density at radius 2 is 2.50 bits per heavy atom. The van der Waals surface area contributed by atoms with Crippen LogP contribution in [0.1, 0.15) is 31.5 Å². The average Bonchev–Trinajstić information content (AvgIpc) is 2.83. The zero-order valence-electron chi connectivity index (χ0n) is 8.98. The zero-order valence-corrected chi connectivity index (χ0v) is 9.74. The van der Waals surface area contributed by atoms with Crippen molar-refractivity contribution in [3.63, 3.8) is 0 Å². The van der Waals surface area contributed by atoms with Crippen molar-refractivity contribution in [1.29, 1.82) is 0 Å². The van der Waals surface area contributed by atoms with Crippen LogP contribution in [0.3, 0.4) is 0 Å². The van der Waals surface area contributed by atoms with Crippen molar-refractivity contribution in [3.8, 4) is 0 Å². The fourth-order valence-electron chi connectivity index (χ4n) is 2.12. The summed E-state index contributed by atoms with van der Waals surface area (Å²) >= 11 is 6.06. The molecule has 1 aliphatic rings. The lowest BCUT2D eigenvalue weighted by molar-refractivity contribution is -0.139. The van der Waals surface area contributed by atoms with Gasteiger partial charge in [0, 0.05) is 6.54 Å².